The topological polar surface area (TPSA) is 15.3 Å². The molecule has 1 aliphatic heterocycles. The largest absolute Gasteiger partial charge is 0.369 e. The molecular formula is C16H26N2. The van der Waals surface area contributed by atoms with E-state index in [9.17, 15) is 0 Å². The standard InChI is InChI=1S/C16H26N2/c1-12-6-7-13(2)15(8-12)18-9-14(3)17-10-16(4,5)11-18/h6-8,14,17H,9-11H2,1-5H3. The molecule has 100 valence electrons. The summed E-state index contributed by atoms with van der Waals surface area (Å²) in [5.74, 6) is 0. The number of nitrogens with one attached hydrogen (secondary N) is 1. The maximum atomic E-state index is 3.63. The highest BCUT2D eigenvalue weighted by Gasteiger charge is 2.27. The van der Waals surface area contributed by atoms with E-state index in [1.54, 1.807) is 0 Å². The minimum atomic E-state index is 0.320. The van der Waals surface area contributed by atoms with Crippen molar-refractivity contribution in [2.45, 2.75) is 40.7 Å². The number of benzene rings is 1. The van der Waals surface area contributed by atoms with E-state index in [2.05, 4.69) is 63.0 Å². The van der Waals surface area contributed by atoms with E-state index in [-0.39, 0.29) is 0 Å². The van der Waals surface area contributed by atoms with Gasteiger partial charge in [0.25, 0.3) is 0 Å². The van der Waals surface area contributed by atoms with Crippen LogP contribution >= 0.6 is 0 Å². The lowest BCUT2D eigenvalue weighted by Gasteiger charge is -2.32. The second-order valence-electron chi connectivity index (χ2n) is 6.62. The Hall–Kier alpha value is -1.02. The highest BCUT2D eigenvalue weighted by Crippen LogP contribution is 2.27. The molecule has 18 heavy (non-hydrogen) atoms. The van der Waals surface area contributed by atoms with Crippen LogP contribution in [0.25, 0.3) is 0 Å². The van der Waals surface area contributed by atoms with E-state index >= 15 is 0 Å². The predicted octanol–water partition coefficient (Wildman–Crippen LogP) is 3.13. The average Bonchev–Trinajstić information content (AvgIpc) is 2.41. The molecule has 1 heterocycles. The molecular weight excluding hydrogens is 220 g/mol. The van der Waals surface area contributed by atoms with Gasteiger partial charge in [0.15, 0.2) is 0 Å². The molecule has 1 aromatic rings. The van der Waals surface area contributed by atoms with Crippen molar-refractivity contribution in [2.75, 3.05) is 24.5 Å². The monoisotopic (exact) mass is 246 g/mol. The van der Waals surface area contributed by atoms with Crippen LogP contribution in [0, 0.1) is 19.3 Å². The average molecular weight is 246 g/mol. The third-order valence-corrected chi connectivity index (χ3v) is 3.75. The van der Waals surface area contributed by atoms with E-state index in [1.165, 1.54) is 16.8 Å². The lowest BCUT2D eigenvalue weighted by molar-refractivity contribution is 0.362. The second kappa shape index (κ2) is 4.93. The zero-order valence-electron chi connectivity index (χ0n) is 12.4. The van der Waals surface area contributed by atoms with Gasteiger partial charge in [0, 0.05) is 31.4 Å². The molecule has 0 aromatic heterocycles. The Balaban J connectivity index is 2.32. The number of hydrogen-bond acceptors (Lipinski definition) is 2. The van der Waals surface area contributed by atoms with Gasteiger partial charge in [-0.05, 0) is 43.4 Å². The van der Waals surface area contributed by atoms with E-state index in [1.807, 2.05) is 0 Å². The summed E-state index contributed by atoms with van der Waals surface area (Å²) in [5, 5.41) is 3.63. The van der Waals surface area contributed by atoms with Crippen LogP contribution in [0.3, 0.4) is 0 Å². The lowest BCUT2D eigenvalue weighted by atomic mass is 9.93. The molecule has 0 amide bonds. The number of anilines is 1. The summed E-state index contributed by atoms with van der Waals surface area (Å²) in [5.41, 5.74) is 4.45. The highest BCUT2D eigenvalue weighted by atomic mass is 15.2. The maximum absolute atomic E-state index is 3.63. The van der Waals surface area contributed by atoms with Gasteiger partial charge in [-0.1, -0.05) is 26.0 Å². The van der Waals surface area contributed by atoms with Crippen molar-refractivity contribution in [3.63, 3.8) is 0 Å². The summed E-state index contributed by atoms with van der Waals surface area (Å²) in [7, 11) is 0. The Morgan fingerprint density at radius 3 is 2.72 bits per heavy atom. The van der Waals surface area contributed by atoms with Gasteiger partial charge in [-0.2, -0.15) is 0 Å². The Morgan fingerprint density at radius 1 is 1.28 bits per heavy atom. The predicted molar refractivity (Wildman–Crippen MR) is 79.4 cm³/mol. The van der Waals surface area contributed by atoms with Crippen LogP contribution in [-0.4, -0.2) is 25.7 Å². The summed E-state index contributed by atoms with van der Waals surface area (Å²) < 4.78 is 0. The Labute approximate surface area is 111 Å². The summed E-state index contributed by atoms with van der Waals surface area (Å²) in [6, 6.07) is 7.31. The maximum Gasteiger partial charge on any atom is 0.0399 e. The number of aryl methyl sites for hydroxylation is 2. The molecule has 0 aliphatic carbocycles. The van der Waals surface area contributed by atoms with Crippen LogP contribution in [0.1, 0.15) is 31.9 Å². The third-order valence-electron chi connectivity index (χ3n) is 3.75. The quantitative estimate of drug-likeness (QED) is 0.819. The highest BCUT2D eigenvalue weighted by molar-refractivity contribution is 5.55. The van der Waals surface area contributed by atoms with Gasteiger partial charge in [-0.15, -0.1) is 0 Å². The van der Waals surface area contributed by atoms with Crippen LogP contribution < -0.4 is 10.2 Å². The van der Waals surface area contributed by atoms with Gasteiger partial charge in [0.05, 0.1) is 0 Å². The Morgan fingerprint density at radius 2 is 2.00 bits per heavy atom. The first-order chi connectivity index (χ1) is 8.37. The summed E-state index contributed by atoms with van der Waals surface area (Å²) in [6.45, 7) is 14.7. The zero-order chi connectivity index (χ0) is 13.3. The molecule has 2 nitrogen and oxygen atoms in total. The fraction of sp³-hybridized carbons (Fsp3) is 0.625. The molecule has 0 spiro atoms. The van der Waals surface area contributed by atoms with Crippen molar-refractivity contribution in [3.05, 3.63) is 29.3 Å². The number of rotatable bonds is 1. The Bertz CT molecular complexity index is 423. The van der Waals surface area contributed by atoms with Crippen molar-refractivity contribution in [1.82, 2.24) is 5.32 Å². The smallest absolute Gasteiger partial charge is 0.0399 e. The van der Waals surface area contributed by atoms with Crippen molar-refractivity contribution < 1.29 is 0 Å². The molecule has 0 bridgehead atoms. The van der Waals surface area contributed by atoms with Crippen LogP contribution in [0.15, 0.2) is 18.2 Å². The van der Waals surface area contributed by atoms with E-state index < -0.39 is 0 Å². The van der Waals surface area contributed by atoms with Gasteiger partial charge in [-0.25, -0.2) is 0 Å². The van der Waals surface area contributed by atoms with Crippen molar-refractivity contribution in [3.8, 4) is 0 Å². The normalized spacial score (nSPS) is 23.8. The van der Waals surface area contributed by atoms with Gasteiger partial charge >= 0.3 is 0 Å². The molecule has 1 unspecified atom stereocenters. The molecule has 2 heteroatoms. The van der Waals surface area contributed by atoms with E-state index in [0.29, 0.717) is 11.5 Å². The summed E-state index contributed by atoms with van der Waals surface area (Å²) in [4.78, 5) is 2.55. The first kappa shape index (κ1) is 13.4. The van der Waals surface area contributed by atoms with Crippen molar-refractivity contribution in [1.29, 1.82) is 0 Å². The molecule has 0 radical (unpaired) electrons. The first-order valence-electron chi connectivity index (χ1n) is 6.93. The fourth-order valence-electron chi connectivity index (χ4n) is 2.73. The molecule has 2 rings (SSSR count). The molecule has 1 N–H and O–H groups in total. The lowest BCUT2D eigenvalue weighted by Crippen LogP contribution is -2.36. The molecule has 1 saturated heterocycles. The summed E-state index contributed by atoms with van der Waals surface area (Å²) >= 11 is 0. The fourth-order valence-corrected chi connectivity index (χ4v) is 2.73. The number of nitrogens with zero attached hydrogens (tertiary/aromatic N) is 1. The van der Waals surface area contributed by atoms with Gasteiger partial charge in [0.1, 0.15) is 0 Å². The first-order valence-corrected chi connectivity index (χ1v) is 6.93. The van der Waals surface area contributed by atoms with E-state index in [4.69, 9.17) is 0 Å². The number of hydrogen-bond donors (Lipinski definition) is 1. The minimum absolute atomic E-state index is 0.320. The van der Waals surface area contributed by atoms with Crippen LogP contribution in [0.5, 0.6) is 0 Å². The van der Waals surface area contributed by atoms with Crippen molar-refractivity contribution >= 4 is 5.69 Å². The van der Waals surface area contributed by atoms with E-state index in [0.717, 1.165) is 19.6 Å². The second-order valence-corrected chi connectivity index (χ2v) is 6.62. The van der Waals surface area contributed by atoms with Crippen LogP contribution in [0.4, 0.5) is 5.69 Å². The van der Waals surface area contributed by atoms with Crippen LogP contribution in [0.2, 0.25) is 0 Å². The Kier molecular flexibility index (Phi) is 3.67. The minimum Gasteiger partial charge on any atom is -0.369 e. The van der Waals surface area contributed by atoms with Crippen molar-refractivity contribution in [2.24, 2.45) is 5.41 Å². The zero-order valence-corrected chi connectivity index (χ0v) is 12.4. The van der Waals surface area contributed by atoms with Gasteiger partial charge in [-0.3, -0.25) is 0 Å². The van der Waals surface area contributed by atoms with Crippen LogP contribution in [-0.2, 0) is 0 Å². The molecule has 1 aromatic carbocycles. The van der Waals surface area contributed by atoms with Gasteiger partial charge < -0.3 is 10.2 Å². The SMILES string of the molecule is Cc1ccc(C)c(N2CC(C)NCC(C)(C)C2)c1. The summed E-state index contributed by atoms with van der Waals surface area (Å²) in [6.07, 6.45) is 0. The van der Waals surface area contributed by atoms with Gasteiger partial charge in [0.2, 0.25) is 0 Å². The molecule has 1 fully saturated rings. The molecule has 1 atom stereocenters. The third kappa shape index (κ3) is 3.05. The molecule has 1 aliphatic rings. The molecule has 0 saturated carbocycles.